The van der Waals surface area contributed by atoms with Crippen LogP contribution in [-0.2, 0) is 11.3 Å². The number of aromatic nitrogens is 2. The molecule has 0 aliphatic carbocycles. The summed E-state index contributed by atoms with van der Waals surface area (Å²) in [5, 5.41) is 19.7. The number of furan rings is 1. The molecule has 0 fully saturated rings. The molecule has 6 nitrogen and oxygen atoms in total. The van der Waals surface area contributed by atoms with Gasteiger partial charge in [0.1, 0.15) is 11.5 Å². The molecule has 2 aromatic heterocycles. The summed E-state index contributed by atoms with van der Waals surface area (Å²) in [6.45, 7) is 6.68. The second-order valence-electron chi connectivity index (χ2n) is 5.58. The van der Waals surface area contributed by atoms with E-state index >= 15 is 0 Å². The average Bonchev–Trinajstić information content (AvgIpc) is 3.12. The summed E-state index contributed by atoms with van der Waals surface area (Å²) in [7, 11) is 0. The molecule has 0 aliphatic rings. The predicted octanol–water partition coefficient (Wildman–Crippen LogP) is 2.96. The normalized spacial score (nSPS) is 11.8. The molecule has 0 unspecified atom stereocenters. The van der Waals surface area contributed by atoms with Gasteiger partial charge in [-0.15, -0.1) is 0 Å². The van der Waals surface area contributed by atoms with E-state index in [4.69, 9.17) is 4.42 Å². The lowest BCUT2D eigenvalue weighted by molar-refractivity contribution is -0.149. The zero-order chi connectivity index (χ0) is 16.2. The van der Waals surface area contributed by atoms with Crippen LogP contribution < -0.4 is 5.32 Å². The second-order valence-corrected chi connectivity index (χ2v) is 5.58. The molecular weight excluding hydrogens is 282 g/mol. The topological polar surface area (TPSA) is 91.2 Å². The highest BCUT2D eigenvalue weighted by atomic mass is 16.4. The maximum absolute atomic E-state index is 11.5. The van der Waals surface area contributed by atoms with Crippen LogP contribution in [0.15, 0.2) is 22.7 Å². The smallest absolute Gasteiger partial charge is 0.310 e. The van der Waals surface area contributed by atoms with Crippen molar-refractivity contribution in [2.45, 2.75) is 40.2 Å². The number of aliphatic carboxylic acids is 1. The van der Waals surface area contributed by atoms with E-state index in [1.54, 1.807) is 6.20 Å². The summed E-state index contributed by atoms with van der Waals surface area (Å²) in [5.41, 5.74) is 1.07. The van der Waals surface area contributed by atoms with Gasteiger partial charge in [0.15, 0.2) is 5.76 Å². The van der Waals surface area contributed by atoms with E-state index in [1.807, 2.05) is 32.9 Å². The van der Waals surface area contributed by atoms with Gasteiger partial charge in [0.2, 0.25) is 0 Å². The summed E-state index contributed by atoms with van der Waals surface area (Å²) in [6.07, 6.45) is 2.93. The van der Waals surface area contributed by atoms with Crippen molar-refractivity contribution in [2.75, 3.05) is 6.54 Å². The first-order valence-electron chi connectivity index (χ1n) is 7.55. The minimum atomic E-state index is -0.751. The molecular formula is C16H23N3O3. The molecule has 2 heterocycles. The molecule has 2 rings (SSSR count). The summed E-state index contributed by atoms with van der Waals surface area (Å²) < 4.78 is 5.60. The molecule has 0 saturated heterocycles. The summed E-state index contributed by atoms with van der Waals surface area (Å²) in [4.78, 5) is 11.5. The van der Waals surface area contributed by atoms with Crippen molar-refractivity contribution in [1.29, 1.82) is 0 Å². The molecule has 120 valence electrons. The highest BCUT2D eigenvalue weighted by Gasteiger charge is 2.34. The number of hydrogen-bond acceptors (Lipinski definition) is 4. The number of aryl methyl sites for hydroxylation is 1. The van der Waals surface area contributed by atoms with E-state index in [1.165, 1.54) is 0 Å². The fourth-order valence-electron chi connectivity index (χ4n) is 2.54. The monoisotopic (exact) mass is 305 g/mol. The van der Waals surface area contributed by atoms with Gasteiger partial charge >= 0.3 is 5.97 Å². The van der Waals surface area contributed by atoms with E-state index in [2.05, 4.69) is 15.5 Å². The Bertz CT molecular complexity index is 626. The second kappa shape index (κ2) is 6.79. The van der Waals surface area contributed by atoms with Crippen LogP contribution >= 0.6 is 0 Å². The van der Waals surface area contributed by atoms with Crippen LogP contribution in [0.3, 0.4) is 0 Å². The van der Waals surface area contributed by atoms with Crippen LogP contribution in [0.25, 0.3) is 11.5 Å². The molecule has 0 saturated carbocycles. The van der Waals surface area contributed by atoms with Gasteiger partial charge in [-0.3, -0.25) is 9.89 Å². The van der Waals surface area contributed by atoms with Gasteiger partial charge in [-0.2, -0.15) is 5.10 Å². The fraction of sp³-hybridized carbons (Fsp3) is 0.500. The maximum atomic E-state index is 11.5. The molecule has 0 atom stereocenters. The molecule has 0 aromatic carbocycles. The Hall–Kier alpha value is -2.08. The number of H-pyrrole nitrogens is 1. The highest BCUT2D eigenvalue weighted by Crippen LogP contribution is 2.27. The Labute approximate surface area is 129 Å². The van der Waals surface area contributed by atoms with Crippen molar-refractivity contribution >= 4 is 5.97 Å². The summed E-state index contributed by atoms with van der Waals surface area (Å²) in [6, 6.07) is 3.79. The number of aromatic amines is 1. The van der Waals surface area contributed by atoms with Crippen LogP contribution in [0.5, 0.6) is 0 Å². The van der Waals surface area contributed by atoms with E-state index in [0.29, 0.717) is 25.9 Å². The molecule has 6 heteroatoms. The number of rotatable bonds is 8. The Morgan fingerprint density at radius 2 is 2.14 bits per heavy atom. The van der Waals surface area contributed by atoms with Crippen molar-refractivity contribution in [1.82, 2.24) is 15.5 Å². The lowest BCUT2D eigenvalue weighted by atomic mass is 9.82. The predicted molar refractivity (Wildman–Crippen MR) is 83.4 cm³/mol. The minimum absolute atomic E-state index is 0.428. The third-order valence-electron chi connectivity index (χ3n) is 4.29. The van der Waals surface area contributed by atoms with Gasteiger partial charge in [-0.05, 0) is 31.9 Å². The Morgan fingerprint density at radius 1 is 1.41 bits per heavy atom. The van der Waals surface area contributed by atoms with Crippen molar-refractivity contribution in [3.05, 3.63) is 29.7 Å². The Morgan fingerprint density at radius 3 is 2.68 bits per heavy atom. The lowest BCUT2D eigenvalue weighted by Crippen LogP contribution is -2.40. The first-order valence-corrected chi connectivity index (χ1v) is 7.55. The molecule has 0 aliphatic heterocycles. The van der Waals surface area contributed by atoms with Crippen LogP contribution in [0.1, 0.15) is 38.0 Å². The Kier molecular flexibility index (Phi) is 5.03. The lowest BCUT2D eigenvalue weighted by Gasteiger charge is -2.26. The maximum Gasteiger partial charge on any atom is 0.310 e. The van der Waals surface area contributed by atoms with Gasteiger partial charge in [-0.1, -0.05) is 13.8 Å². The van der Waals surface area contributed by atoms with E-state index in [9.17, 15) is 9.90 Å². The zero-order valence-electron chi connectivity index (χ0n) is 13.3. The van der Waals surface area contributed by atoms with E-state index in [-0.39, 0.29) is 0 Å². The van der Waals surface area contributed by atoms with Gasteiger partial charge < -0.3 is 14.8 Å². The standard InChI is InChI=1S/C16H23N3O3/c1-4-16(5-2,15(20)21)10-17-8-12-9-18-19-14(12)13-7-6-11(3)22-13/h6-7,9,17H,4-5,8,10H2,1-3H3,(H,18,19)(H,20,21). The molecule has 0 radical (unpaired) electrons. The van der Waals surface area contributed by atoms with E-state index < -0.39 is 11.4 Å². The minimum Gasteiger partial charge on any atom is -0.481 e. The third kappa shape index (κ3) is 3.22. The largest absolute Gasteiger partial charge is 0.481 e. The molecule has 0 amide bonds. The number of carbonyl (C=O) groups is 1. The van der Waals surface area contributed by atoms with Crippen molar-refractivity contribution in [2.24, 2.45) is 5.41 Å². The molecule has 22 heavy (non-hydrogen) atoms. The van der Waals surface area contributed by atoms with Crippen LogP contribution in [0.4, 0.5) is 0 Å². The number of nitrogens with one attached hydrogen (secondary N) is 2. The van der Waals surface area contributed by atoms with Crippen molar-refractivity contribution in [3.8, 4) is 11.5 Å². The van der Waals surface area contributed by atoms with E-state index in [0.717, 1.165) is 22.8 Å². The summed E-state index contributed by atoms with van der Waals surface area (Å²) in [5.74, 6) is 0.826. The molecule has 2 aromatic rings. The molecule has 0 bridgehead atoms. The van der Waals surface area contributed by atoms with Gasteiger partial charge in [-0.25, -0.2) is 0 Å². The number of nitrogens with zero attached hydrogens (tertiary/aromatic N) is 1. The summed E-state index contributed by atoms with van der Waals surface area (Å²) >= 11 is 0. The Balaban J connectivity index is 2.04. The fourth-order valence-corrected chi connectivity index (χ4v) is 2.54. The van der Waals surface area contributed by atoms with Crippen LogP contribution in [-0.4, -0.2) is 27.8 Å². The van der Waals surface area contributed by atoms with Gasteiger partial charge in [0, 0.05) is 18.7 Å². The van der Waals surface area contributed by atoms with Crippen molar-refractivity contribution in [3.63, 3.8) is 0 Å². The van der Waals surface area contributed by atoms with Crippen LogP contribution in [0, 0.1) is 12.3 Å². The average molecular weight is 305 g/mol. The van der Waals surface area contributed by atoms with Crippen molar-refractivity contribution < 1.29 is 14.3 Å². The van der Waals surface area contributed by atoms with Gasteiger partial charge in [0.25, 0.3) is 0 Å². The number of carboxylic acid groups (broad SMARTS) is 1. The number of hydrogen-bond donors (Lipinski definition) is 3. The highest BCUT2D eigenvalue weighted by molar-refractivity contribution is 5.74. The molecule has 0 spiro atoms. The number of carboxylic acids is 1. The SMILES string of the molecule is CCC(CC)(CNCc1cn[nH]c1-c1ccc(C)o1)C(=O)O. The van der Waals surface area contributed by atoms with Gasteiger partial charge in [0.05, 0.1) is 11.6 Å². The first-order chi connectivity index (χ1) is 10.5. The van der Waals surface area contributed by atoms with Crippen LogP contribution in [0.2, 0.25) is 0 Å². The quantitative estimate of drug-likeness (QED) is 0.697. The zero-order valence-corrected chi connectivity index (χ0v) is 13.3. The molecule has 3 N–H and O–H groups in total. The third-order valence-corrected chi connectivity index (χ3v) is 4.29. The first kappa shape index (κ1) is 16.3.